The number of rotatable bonds is 3. The predicted octanol–water partition coefficient (Wildman–Crippen LogP) is 4.09. The summed E-state index contributed by atoms with van der Waals surface area (Å²) < 4.78 is 0. The van der Waals surface area contributed by atoms with Gasteiger partial charge in [0, 0.05) is 26.9 Å². The number of fused-ring (bicyclic) bond motifs is 1. The molecular formula is C16H15ClN2OS. The van der Waals surface area contributed by atoms with Gasteiger partial charge in [-0.25, -0.2) is 0 Å². The zero-order chi connectivity index (χ0) is 14.8. The summed E-state index contributed by atoms with van der Waals surface area (Å²) in [6.45, 7) is 0. The van der Waals surface area contributed by atoms with E-state index in [4.69, 9.17) is 17.3 Å². The van der Waals surface area contributed by atoms with E-state index < -0.39 is 5.91 Å². The third-order valence-electron chi connectivity index (χ3n) is 3.50. The Morgan fingerprint density at radius 1 is 1.29 bits per heavy atom. The van der Waals surface area contributed by atoms with E-state index in [2.05, 4.69) is 11.4 Å². The molecule has 1 unspecified atom stereocenters. The van der Waals surface area contributed by atoms with Crippen molar-refractivity contribution in [2.75, 3.05) is 11.1 Å². The molecule has 1 aliphatic rings. The number of anilines is 1. The van der Waals surface area contributed by atoms with Gasteiger partial charge in [0.15, 0.2) is 0 Å². The molecule has 0 saturated heterocycles. The summed E-state index contributed by atoms with van der Waals surface area (Å²) in [4.78, 5) is 12.5. The van der Waals surface area contributed by atoms with Crippen molar-refractivity contribution in [2.24, 2.45) is 5.73 Å². The summed E-state index contributed by atoms with van der Waals surface area (Å²) >= 11 is 7.96. The van der Waals surface area contributed by atoms with Crippen LogP contribution in [0.3, 0.4) is 0 Å². The second-order valence-electron chi connectivity index (χ2n) is 4.96. The number of halogens is 1. The molecule has 0 aliphatic carbocycles. The van der Waals surface area contributed by atoms with Gasteiger partial charge in [0.05, 0.1) is 6.04 Å². The first-order valence-electron chi connectivity index (χ1n) is 6.72. The molecule has 1 atom stereocenters. The van der Waals surface area contributed by atoms with E-state index in [1.54, 1.807) is 12.1 Å². The fourth-order valence-corrected chi connectivity index (χ4v) is 3.76. The van der Waals surface area contributed by atoms with Crippen molar-refractivity contribution in [3.05, 3.63) is 58.6 Å². The topological polar surface area (TPSA) is 55.1 Å². The molecule has 108 valence electrons. The lowest BCUT2D eigenvalue weighted by Gasteiger charge is -2.27. The van der Waals surface area contributed by atoms with E-state index in [1.165, 1.54) is 10.5 Å². The van der Waals surface area contributed by atoms with Crippen molar-refractivity contribution < 1.29 is 4.79 Å². The van der Waals surface area contributed by atoms with Crippen LogP contribution in [0.4, 0.5) is 5.69 Å². The number of thioether (sulfide) groups is 1. The Kier molecular flexibility index (Phi) is 4.08. The largest absolute Gasteiger partial charge is 0.378 e. The summed E-state index contributed by atoms with van der Waals surface area (Å²) in [5.74, 6) is 0.642. The van der Waals surface area contributed by atoms with Crippen LogP contribution in [0.2, 0.25) is 5.02 Å². The molecule has 2 aromatic rings. The number of benzene rings is 2. The van der Waals surface area contributed by atoms with Gasteiger partial charge in [0.2, 0.25) is 5.91 Å². The monoisotopic (exact) mass is 318 g/mol. The van der Waals surface area contributed by atoms with Crippen LogP contribution in [-0.4, -0.2) is 11.7 Å². The van der Waals surface area contributed by atoms with Crippen molar-refractivity contribution >= 4 is 35.0 Å². The molecule has 1 heterocycles. The molecule has 3 N–H and O–H groups in total. The standard InChI is InChI=1S/C16H15ClN2OS/c17-11-4-5-15-13(9-11)14(6-7-21-15)19-12-3-1-2-10(8-12)16(18)20/h1-5,8-9,14,19H,6-7H2,(H2,18,20). The van der Waals surface area contributed by atoms with Crippen molar-refractivity contribution in [1.29, 1.82) is 0 Å². The highest BCUT2D eigenvalue weighted by molar-refractivity contribution is 7.99. The highest BCUT2D eigenvalue weighted by atomic mass is 35.5. The quantitative estimate of drug-likeness (QED) is 0.896. The molecule has 0 spiro atoms. The van der Waals surface area contributed by atoms with Crippen LogP contribution >= 0.6 is 23.4 Å². The van der Waals surface area contributed by atoms with E-state index in [1.807, 2.05) is 36.0 Å². The van der Waals surface area contributed by atoms with Gasteiger partial charge in [0.1, 0.15) is 0 Å². The third-order valence-corrected chi connectivity index (χ3v) is 4.86. The Morgan fingerprint density at radius 2 is 2.14 bits per heavy atom. The van der Waals surface area contributed by atoms with E-state index in [0.29, 0.717) is 5.56 Å². The highest BCUT2D eigenvalue weighted by Crippen LogP contribution is 2.39. The Hall–Kier alpha value is -1.65. The molecule has 1 aliphatic heterocycles. The maximum atomic E-state index is 11.3. The minimum atomic E-state index is -0.415. The zero-order valence-electron chi connectivity index (χ0n) is 11.3. The van der Waals surface area contributed by atoms with Crippen LogP contribution in [0.15, 0.2) is 47.4 Å². The van der Waals surface area contributed by atoms with Gasteiger partial charge in [-0.3, -0.25) is 4.79 Å². The molecule has 3 rings (SSSR count). The SMILES string of the molecule is NC(=O)c1cccc(NC2CCSc3ccc(Cl)cc32)c1. The van der Waals surface area contributed by atoms with Crippen LogP contribution in [0, 0.1) is 0 Å². The van der Waals surface area contributed by atoms with E-state index in [0.717, 1.165) is 22.9 Å². The lowest BCUT2D eigenvalue weighted by Crippen LogP contribution is -2.17. The minimum Gasteiger partial charge on any atom is -0.378 e. The van der Waals surface area contributed by atoms with Crippen LogP contribution in [-0.2, 0) is 0 Å². The van der Waals surface area contributed by atoms with Gasteiger partial charge in [-0.2, -0.15) is 0 Å². The number of carbonyl (C=O) groups is 1. The Labute approximate surface area is 132 Å². The molecule has 3 nitrogen and oxygen atoms in total. The summed E-state index contributed by atoms with van der Waals surface area (Å²) in [5.41, 5.74) is 7.94. The number of carbonyl (C=O) groups excluding carboxylic acids is 1. The van der Waals surface area contributed by atoms with Gasteiger partial charge in [-0.05, 0) is 48.4 Å². The van der Waals surface area contributed by atoms with Gasteiger partial charge >= 0.3 is 0 Å². The first kappa shape index (κ1) is 14.3. The molecule has 21 heavy (non-hydrogen) atoms. The molecule has 1 amide bonds. The fourth-order valence-electron chi connectivity index (χ4n) is 2.48. The van der Waals surface area contributed by atoms with E-state index in [9.17, 15) is 4.79 Å². The number of primary amides is 1. The number of hydrogen-bond donors (Lipinski definition) is 2. The molecule has 0 saturated carbocycles. The second kappa shape index (κ2) is 6.00. The average Bonchev–Trinajstić information content (AvgIpc) is 2.48. The fraction of sp³-hybridized carbons (Fsp3) is 0.188. The predicted molar refractivity (Wildman–Crippen MR) is 88.1 cm³/mol. The molecule has 0 aromatic heterocycles. The summed E-state index contributed by atoms with van der Waals surface area (Å²) in [5, 5.41) is 4.22. The third kappa shape index (κ3) is 3.17. The normalized spacial score (nSPS) is 17.1. The second-order valence-corrected chi connectivity index (χ2v) is 6.53. The number of nitrogens with two attached hydrogens (primary N) is 1. The Balaban J connectivity index is 1.88. The van der Waals surface area contributed by atoms with Crippen molar-refractivity contribution in [2.45, 2.75) is 17.4 Å². The van der Waals surface area contributed by atoms with Crippen molar-refractivity contribution in [3.8, 4) is 0 Å². The Morgan fingerprint density at radius 3 is 2.95 bits per heavy atom. The van der Waals surface area contributed by atoms with Crippen molar-refractivity contribution in [3.63, 3.8) is 0 Å². The molecule has 0 fully saturated rings. The lowest BCUT2D eigenvalue weighted by atomic mass is 10.0. The van der Waals surface area contributed by atoms with Gasteiger partial charge in [0.25, 0.3) is 0 Å². The number of nitrogens with one attached hydrogen (secondary N) is 1. The Bertz CT molecular complexity index is 690. The summed E-state index contributed by atoms with van der Waals surface area (Å²) in [6.07, 6.45) is 1.01. The maximum Gasteiger partial charge on any atom is 0.248 e. The molecule has 0 bridgehead atoms. The van der Waals surface area contributed by atoms with E-state index >= 15 is 0 Å². The van der Waals surface area contributed by atoms with Crippen LogP contribution < -0.4 is 11.1 Å². The molecule has 2 aromatic carbocycles. The maximum absolute atomic E-state index is 11.3. The lowest BCUT2D eigenvalue weighted by molar-refractivity contribution is 0.100. The van der Waals surface area contributed by atoms with Gasteiger partial charge < -0.3 is 11.1 Å². The summed E-state index contributed by atoms with van der Waals surface area (Å²) in [6, 6.07) is 13.5. The van der Waals surface area contributed by atoms with Gasteiger partial charge in [-0.1, -0.05) is 17.7 Å². The zero-order valence-corrected chi connectivity index (χ0v) is 12.9. The molecule has 5 heteroatoms. The molecule has 0 radical (unpaired) electrons. The first-order valence-corrected chi connectivity index (χ1v) is 8.08. The summed E-state index contributed by atoms with van der Waals surface area (Å²) in [7, 11) is 0. The average molecular weight is 319 g/mol. The van der Waals surface area contributed by atoms with Crippen molar-refractivity contribution in [1.82, 2.24) is 0 Å². The van der Waals surface area contributed by atoms with Crippen LogP contribution in [0.5, 0.6) is 0 Å². The van der Waals surface area contributed by atoms with Gasteiger partial charge in [-0.15, -0.1) is 11.8 Å². The number of hydrogen-bond acceptors (Lipinski definition) is 3. The molecular weight excluding hydrogens is 304 g/mol. The minimum absolute atomic E-state index is 0.197. The number of amides is 1. The van der Waals surface area contributed by atoms with E-state index in [-0.39, 0.29) is 6.04 Å². The van der Waals surface area contributed by atoms with Crippen LogP contribution in [0.1, 0.15) is 28.4 Å². The highest BCUT2D eigenvalue weighted by Gasteiger charge is 2.21. The van der Waals surface area contributed by atoms with Crippen LogP contribution in [0.25, 0.3) is 0 Å². The smallest absolute Gasteiger partial charge is 0.248 e. The first-order chi connectivity index (χ1) is 10.1.